The molecule has 0 aliphatic carbocycles. The zero-order valence-corrected chi connectivity index (χ0v) is 15.7. The highest BCUT2D eigenvalue weighted by atomic mass is 32.2. The smallest absolute Gasteiger partial charge is 0.251 e. The average Bonchev–Trinajstić information content (AvgIpc) is 3.15. The van der Waals surface area contributed by atoms with Crippen LogP contribution in [-0.2, 0) is 29.6 Å². The van der Waals surface area contributed by atoms with Crippen molar-refractivity contribution in [2.75, 3.05) is 32.8 Å². The predicted molar refractivity (Wildman–Crippen MR) is 92.1 cm³/mol. The van der Waals surface area contributed by atoms with Gasteiger partial charge in [-0.15, -0.1) is 0 Å². The summed E-state index contributed by atoms with van der Waals surface area (Å²) in [5, 5.41) is 5.02. The Balaban J connectivity index is 1.67. The fourth-order valence-corrected chi connectivity index (χ4v) is 5.01. The SMILES string of the molecule is NS(=O)(=O)c1ccc(S(=O)(=O)N2CCN(C(=O)C3CCCO3)CC2)cc1. The molecule has 0 aromatic heterocycles. The van der Waals surface area contributed by atoms with Crippen molar-refractivity contribution in [1.29, 1.82) is 0 Å². The molecule has 2 aliphatic rings. The summed E-state index contributed by atoms with van der Waals surface area (Å²) in [7, 11) is -7.64. The van der Waals surface area contributed by atoms with Crippen LogP contribution < -0.4 is 5.14 Å². The second-order valence-corrected chi connectivity index (χ2v) is 9.75. The number of nitrogens with two attached hydrogens (primary N) is 1. The highest BCUT2D eigenvalue weighted by Gasteiger charge is 2.34. The standard InChI is InChI=1S/C15H21N3O6S2/c16-25(20,21)12-3-5-13(6-4-12)26(22,23)18-9-7-17(8-10-18)15(19)14-2-1-11-24-14/h3-6,14H,1-2,7-11H2,(H2,16,20,21). The number of hydrogen-bond donors (Lipinski definition) is 1. The Bertz CT molecular complexity index is 868. The van der Waals surface area contributed by atoms with E-state index >= 15 is 0 Å². The second kappa shape index (κ2) is 7.24. The summed E-state index contributed by atoms with van der Waals surface area (Å²) in [4.78, 5) is 13.8. The van der Waals surface area contributed by atoms with E-state index in [4.69, 9.17) is 9.88 Å². The van der Waals surface area contributed by atoms with E-state index in [0.29, 0.717) is 26.1 Å². The molecule has 0 radical (unpaired) electrons. The van der Waals surface area contributed by atoms with Gasteiger partial charge in [0.2, 0.25) is 20.0 Å². The van der Waals surface area contributed by atoms with Gasteiger partial charge in [-0.25, -0.2) is 22.0 Å². The van der Waals surface area contributed by atoms with Gasteiger partial charge in [0.25, 0.3) is 5.91 Å². The molecule has 2 saturated heterocycles. The minimum Gasteiger partial charge on any atom is -0.368 e. The Labute approximate surface area is 152 Å². The van der Waals surface area contributed by atoms with Crippen molar-refractivity contribution < 1.29 is 26.4 Å². The normalized spacial score (nSPS) is 22.5. The summed E-state index contributed by atoms with van der Waals surface area (Å²) in [6.07, 6.45) is 1.15. The molecule has 0 saturated carbocycles. The van der Waals surface area contributed by atoms with Crippen LogP contribution in [0.3, 0.4) is 0 Å². The summed E-state index contributed by atoms with van der Waals surface area (Å²) in [5.41, 5.74) is 0. The lowest BCUT2D eigenvalue weighted by Gasteiger charge is -2.35. The molecule has 3 rings (SSSR count). The summed E-state index contributed by atoms with van der Waals surface area (Å²) in [5.74, 6) is -0.0861. The van der Waals surface area contributed by atoms with Crippen molar-refractivity contribution in [3.8, 4) is 0 Å². The number of carbonyl (C=O) groups excluding carboxylic acids is 1. The van der Waals surface area contributed by atoms with E-state index in [1.807, 2.05) is 0 Å². The van der Waals surface area contributed by atoms with E-state index in [2.05, 4.69) is 0 Å². The Morgan fingerprint density at radius 3 is 2.08 bits per heavy atom. The molecule has 9 nitrogen and oxygen atoms in total. The van der Waals surface area contributed by atoms with Gasteiger partial charge in [-0.2, -0.15) is 4.31 Å². The molecular formula is C15H21N3O6S2. The molecule has 2 N–H and O–H groups in total. The third-order valence-corrected chi connectivity index (χ3v) is 7.39. The second-order valence-electron chi connectivity index (χ2n) is 6.25. The van der Waals surface area contributed by atoms with Crippen molar-refractivity contribution in [2.45, 2.75) is 28.7 Å². The Kier molecular flexibility index (Phi) is 5.35. The van der Waals surface area contributed by atoms with E-state index in [0.717, 1.165) is 6.42 Å². The van der Waals surface area contributed by atoms with Crippen molar-refractivity contribution in [1.82, 2.24) is 9.21 Å². The van der Waals surface area contributed by atoms with E-state index in [-0.39, 0.29) is 28.8 Å². The van der Waals surface area contributed by atoms with Crippen LogP contribution in [0, 0.1) is 0 Å². The first-order valence-corrected chi connectivity index (χ1v) is 11.2. The fourth-order valence-electron chi connectivity index (χ4n) is 3.08. The number of carbonyl (C=O) groups is 1. The van der Waals surface area contributed by atoms with Crippen LogP contribution in [-0.4, -0.2) is 70.8 Å². The molecule has 26 heavy (non-hydrogen) atoms. The molecule has 2 heterocycles. The van der Waals surface area contributed by atoms with Crippen molar-refractivity contribution in [2.24, 2.45) is 5.14 Å². The lowest BCUT2D eigenvalue weighted by atomic mass is 10.2. The number of rotatable bonds is 4. The van der Waals surface area contributed by atoms with Crippen molar-refractivity contribution in [3.63, 3.8) is 0 Å². The number of amides is 1. The first-order valence-electron chi connectivity index (χ1n) is 8.23. The minimum atomic E-state index is -3.88. The van der Waals surface area contributed by atoms with Crippen LogP contribution in [0.15, 0.2) is 34.1 Å². The monoisotopic (exact) mass is 403 g/mol. The largest absolute Gasteiger partial charge is 0.368 e. The van der Waals surface area contributed by atoms with Gasteiger partial charge in [0.1, 0.15) is 6.10 Å². The molecule has 0 bridgehead atoms. The van der Waals surface area contributed by atoms with Crippen molar-refractivity contribution >= 4 is 26.0 Å². The number of primary sulfonamides is 1. The van der Waals surface area contributed by atoms with Gasteiger partial charge in [0.15, 0.2) is 0 Å². The maximum absolute atomic E-state index is 12.7. The zero-order chi connectivity index (χ0) is 18.9. The van der Waals surface area contributed by atoms with Crippen LogP contribution >= 0.6 is 0 Å². The lowest BCUT2D eigenvalue weighted by molar-refractivity contribution is -0.142. The van der Waals surface area contributed by atoms with Gasteiger partial charge < -0.3 is 9.64 Å². The highest BCUT2D eigenvalue weighted by Crippen LogP contribution is 2.21. The summed E-state index contributed by atoms with van der Waals surface area (Å²) >= 11 is 0. The quantitative estimate of drug-likeness (QED) is 0.711. The van der Waals surface area contributed by atoms with E-state index in [1.54, 1.807) is 4.90 Å². The first-order chi connectivity index (χ1) is 12.2. The Morgan fingerprint density at radius 2 is 1.58 bits per heavy atom. The molecule has 2 fully saturated rings. The van der Waals surface area contributed by atoms with Crippen LogP contribution in [0.4, 0.5) is 0 Å². The molecule has 1 atom stereocenters. The van der Waals surface area contributed by atoms with Crippen LogP contribution in [0.1, 0.15) is 12.8 Å². The maximum Gasteiger partial charge on any atom is 0.251 e. The minimum absolute atomic E-state index is 0.0104. The van der Waals surface area contributed by atoms with Gasteiger partial charge in [-0.1, -0.05) is 0 Å². The molecule has 1 aromatic carbocycles. The van der Waals surface area contributed by atoms with E-state index in [1.165, 1.54) is 28.6 Å². The van der Waals surface area contributed by atoms with Gasteiger partial charge >= 0.3 is 0 Å². The lowest BCUT2D eigenvalue weighted by Crippen LogP contribution is -2.52. The molecule has 11 heteroatoms. The van der Waals surface area contributed by atoms with E-state index in [9.17, 15) is 21.6 Å². The summed E-state index contributed by atoms with van der Waals surface area (Å²) in [6, 6.07) is 4.77. The van der Waals surface area contributed by atoms with Crippen LogP contribution in [0.2, 0.25) is 0 Å². The Morgan fingerprint density at radius 1 is 1.00 bits per heavy atom. The molecule has 1 unspecified atom stereocenters. The van der Waals surface area contributed by atoms with Gasteiger partial charge in [0, 0.05) is 32.8 Å². The zero-order valence-electron chi connectivity index (χ0n) is 14.1. The number of hydrogen-bond acceptors (Lipinski definition) is 6. The predicted octanol–water partition coefficient (Wildman–Crippen LogP) is -0.654. The molecule has 144 valence electrons. The topological polar surface area (TPSA) is 127 Å². The molecular weight excluding hydrogens is 382 g/mol. The number of piperazine rings is 1. The molecule has 1 aromatic rings. The fraction of sp³-hybridized carbons (Fsp3) is 0.533. The van der Waals surface area contributed by atoms with Crippen molar-refractivity contribution in [3.05, 3.63) is 24.3 Å². The maximum atomic E-state index is 12.7. The number of nitrogens with zero attached hydrogens (tertiary/aromatic N) is 2. The van der Waals surface area contributed by atoms with Crippen LogP contribution in [0.25, 0.3) is 0 Å². The molecule has 0 spiro atoms. The highest BCUT2D eigenvalue weighted by molar-refractivity contribution is 7.89. The number of benzene rings is 1. The van der Waals surface area contributed by atoms with Gasteiger partial charge in [0.05, 0.1) is 9.79 Å². The van der Waals surface area contributed by atoms with E-state index < -0.39 is 26.2 Å². The third kappa shape index (κ3) is 3.91. The Hall–Kier alpha value is -1.53. The number of ether oxygens (including phenoxy) is 1. The van der Waals surface area contributed by atoms with Gasteiger partial charge in [-0.05, 0) is 37.1 Å². The summed E-state index contributed by atoms with van der Waals surface area (Å²) in [6.45, 7) is 1.54. The summed E-state index contributed by atoms with van der Waals surface area (Å²) < 4.78 is 54.6. The third-order valence-electron chi connectivity index (χ3n) is 4.55. The van der Waals surface area contributed by atoms with Crippen LogP contribution in [0.5, 0.6) is 0 Å². The molecule has 1 amide bonds. The van der Waals surface area contributed by atoms with Gasteiger partial charge in [-0.3, -0.25) is 4.79 Å². The first kappa shape index (κ1) is 19.2. The molecule has 2 aliphatic heterocycles. The number of sulfonamides is 2. The average molecular weight is 403 g/mol.